The van der Waals surface area contributed by atoms with E-state index in [1.165, 1.54) is 0 Å². The van der Waals surface area contributed by atoms with Gasteiger partial charge in [0.1, 0.15) is 0 Å². The number of hydrogen-bond acceptors (Lipinski definition) is 0. The predicted molar refractivity (Wildman–Crippen MR) is 252 cm³/mol. The monoisotopic (exact) mass is 803 g/mol. The first-order valence-electron chi connectivity index (χ1n) is 26.6. The number of hydrogen-bond donors (Lipinski definition) is 0. The topological polar surface area (TPSA) is 0 Å². The number of halogens is 1. The summed E-state index contributed by atoms with van der Waals surface area (Å²) in [4.78, 5) is 0. The van der Waals surface area contributed by atoms with Crippen LogP contribution in [0.1, 0.15) is 23.3 Å². The van der Waals surface area contributed by atoms with Crippen molar-refractivity contribution in [2.24, 2.45) is 0 Å². The summed E-state index contributed by atoms with van der Waals surface area (Å²) in [6.07, 6.45) is 0. The van der Waals surface area contributed by atoms with Crippen LogP contribution in [0.2, 0.25) is 0 Å². The second kappa shape index (κ2) is 13.7. The Bertz CT molecular complexity index is 4080. The van der Waals surface area contributed by atoms with Gasteiger partial charge in [-0.1, -0.05) is 194 Å². The summed E-state index contributed by atoms with van der Waals surface area (Å²) >= 11 is 3.45. The first kappa shape index (κ1) is 20.4. The highest BCUT2D eigenvalue weighted by molar-refractivity contribution is 9.10. The minimum Gasteiger partial charge on any atom is -0.0616 e. The van der Waals surface area contributed by atoms with E-state index in [2.05, 4.69) is 15.9 Å². The molecule has 0 amide bonds. The summed E-state index contributed by atoms with van der Waals surface area (Å²) in [5.41, 5.74) is 1.74. The molecule has 0 aromatic heterocycles. The highest BCUT2D eigenvalue weighted by Crippen LogP contribution is 2.43. The van der Waals surface area contributed by atoms with Crippen molar-refractivity contribution in [3.05, 3.63) is 216 Å². The summed E-state index contributed by atoms with van der Waals surface area (Å²) in [5.74, 6) is 0. The van der Waals surface area contributed by atoms with Gasteiger partial charge in [-0.25, -0.2) is 0 Å². The van der Waals surface area contributed by atoms with Crippen LogP contribution < -0.4 is 0 Å². The van der Waals surface area contributed by atoms with Gasteiger partial charge in [0.05, 0.1) is 23.3 Å². The lowest BCUT2D eigenvalue weighted by atomic mass is 9.90. The molecule has 57 heavy (non-hydrogen) atoms. The van der Waals surface area contributed by atoms with Crippen LogP contribution in [0.25, 0.3) is 108 Å². The standard InChI is InChI=1S/C28H17Br.C28H18/c29-28-24-11-5-3-9-22(24)27(23-10-4-6-12-25(23)28)20-16-15-19-14-13-18-7-1-2-8-21(18)26(19)17-20;1-4-10-24-19(7-1)13-14-20-15-16-23(18-27(20)24)28-25-11-5-2-8-21(25)17-22-9-3-6-12-26(22)28/h1-17H;1-18H/i3D,4D,5D,6D,9D,10D,11D,12D;2D,3D,5D,6D,8D,9D,11D,12D,17D. The quantitative estimate of drug-likeness (QED) is 0.121. The van der Waals surface area contributed by atoms with E-state index in [0.29, 0.717) is 16.7 Å². The number of rotatable bonds is 2. The van der Waals surface area contributed by atoms with Crippen LogP contribution in [0.4, 0.5) is 0 Å². The van der Waals surface area contributed by atoms with Gasteiger partial charge in [0.2, 0.25) is 0 Å². The average Bonchev–Trinajstić information content (AvgIpc) is 3.44. The van der Waals surface area contributed by atoms with Crippen LogP contribution >= 0.6 is 15.9 Å². The van der Waals surface area contributed by atoms with Gasteiger partial charge in [0.25, 0.3) is 0 Å². The molecule has 266 valence electrons. The van der Waals surface area contributed by atoms with E-state index >= 15 is 0 Å². The van der Waals surface area contributed by atoms with E-state index < -0.39 is 60.4 Å². The zero-order valence-electron chi connectivity index (χ0n) is 46.8. The molecule has 0 radical (unpaired) electrons. The third-order valence-corrected chi connectivity index (χ3v) is 11.3. The second-order valence-corrected chi connectivity index (χ2v) is 14.4. The smallest absolute Gasteiger partial charge is 0.0616 e. The molecule has 0 unspecified atom stereocenters. The molecule has 0 atom stereocenters. The second-order valence-electron chi connectivity index (χ2n) is 13.6. The molecule has 0 aliphatic rings. The molecular formula is C56H35Br. The van der Waals surface area contributed by atoms with E-state index in [1.807, 2.05) is 103 Å². The first-order chi connectivity index (χ1) is 35.3. The molecule has 0 fully saturated rings. The van der Waals surface area contributed by atoms with Crippen LogP contribution in [-0.2, 0) is 0 Å². The van der Waals surface area contributed by atoms with Crippen molar-refractivity contribution in [2.45, 2.75) is 0 Å². The van der Waals surface area contributed by atoms with E-state index in [9.17, 15) is 0 Å². The Morgan fingerprint density at radius 2 is 0.649 bits per heavy atom. The van der Waals surface area contributed by atoms with Crippen molar-refractivity contribution in [2.75, 3.05) is 0 Å². The van der Waals surface area contributed by atoms with Gasteiger partial charge in [-0.15, -0.1) is 0 Å². The normalized spacial score (nSPS) is 15.8. The van der Waals surface area contributed by atoms with Gasteiger partial charge in [0.15, 0.2) is 0 Å². The van der Waals surface area contributed by atoms with Crippen molar-refractivity contribution < 1.29 is 23.3 Å². The lowest BCUT2D eigenvalue weighted by Crippen LogP contribution is -1.88. The Kier molecular flexibility index (Phi) is 4.92. The lowest BCUT2D eigenvalue weighted by molar-refractivity contribution is 1.70. The Morgan fingerprint density at radius 1 is 0.298 bits per heavy atom. The summed E-state index contributed by atoms with van der Waals surface area (Å²) < 4.78 is 145. The molecule has 0 aliphatic heterocycles. The first-order valence-corrected chi connectivity index (χ1v) is 18.9. The van der Waals surface area contributed by atoms with Crippen molar-refractivity contribution >= 4 is 102 Å². The highest BCUT2D eigenvalue weighted by Gasteiger charge is 2.15. The Morgan fingerprint density at radius 3 is 1.12 bits per heavy atom. The molecule has 0 bridgehead atoms. The van der Waals surface area contributed by atoms with Gasteiger partial charge in [-0.05, 0) is 143 Å². The average molecular weight is 805 g/mol. The Balaban J connectivity index is 0.000000159. The van der Waals surface area contributed by atoms with Crippen LogP contribution in [0, 0.1) is 0 Å². The fourth-order valence-electron chi connectivity index (χ4n) is 7.91. The maximum atomic E-state index is 8.84. The third-order valence-electron chi connectivity index (χ3n) is 10.5. The molecular weight excluding hydrogens is 753 g/mol. The van der Waals surface area contributed by atoms with Crippen molar-refractivity contribution in [3.8, 4) is 22.3 Å². The van der Waals surface area contributed by atoms with E-state index in [0.717, 1.165) is 43.1 Å². The Hall–Kier alpha value is -6.80. The molecule has 12 aromatic carbocycles. The number of benzene rings is 12. The third kappa shape index (κ3) is 5.66. The summed E-state index contributed by atoms with van der Waals surface area (Å²) in [6.45, 7) is 0. The van der Waals surface area contributed by atoms with E-state index in [-0.39, 0.29) is 95.4 Å². The minimum atomic E-state index is -0.498. The maximum absolute atomic E-state index is 8.84. The minimum absolute atomic E-state index is 0.0631. The molecule has 0 heterocycles. The fraction of sp³-hybridized carbons (Fsp3) is 0. The maximum Gasteiger partial charge on any atom is 0.0636 e. The Labute approximate surface area is 363 Å². The molecule has 0 nitrogen and oxygen atoms in total. The molecule has 0 spiro atoms. The predicted octanol–water partition coefficient (Wildman–Crippen LogP) is 16.7. The van der Waals surface area contributed by atoms with E-state index in [4.69, 9.17) is 23.3 Å². The van der Waals surface area contributed by atoms with Gasteiger partial charge >= 0.3 is 0 Å². The van der Waals surface area contributed by atoms with Gasteiger partial charge in [-0.2, -0.15) is 0 Å². The lowest BCUT2D eigenvalue weighted by Gasteiger charge is -2.15. The molecule has 12 rings (SSSR count). The van der Waals surface area contributed by atoms with Crippen LogP contribution in [0.15, 0.2) is 216 Å². The zero-order chi connectivity index (χ0) is 52.7. The van der Waals surface area contributed by atoms with Crippen LogP contribution in [0.5, 0.6) is 0 Å². The van der Waals surface area contributed by atoms with Crippen molar-refractivity contribution in [3.63, 3.8) is 0 Å². The molecule has 0 saturated heterocycles. The van der Waals surface area contributed by atoms with Crippen molar-refractivity contribution in [1.29, 1.82) is 0 Å². The summed E-state index contributed by atoms with van der Waals surface area (Å²) in [6, 6.07) is 28.6. The summed E-state index contributed by atoms with van der Waals surface area (Å²) in [5, 5.41) is 8.57. The summed E-state index contributed by atoms with van der Waals surface area (Å²) in [7, 11) is 0. The zero-order valence-corrected chi connectivity index (χ0v) is 31.4. The number of fused-ring (bicyclic) bond motifs is 10. The molecule has 1 heteroatoms. The SMILES string of the molecule is [2H]c1c([2H])c([2H])c2c(-c3ccc4ccc5ccccc5c4c3)c3c([2H])c([2H])c([2H])c([2H])c3c(Br)c2c1[2H].[2H]c1c([2H])c([2H])c2c(-c3ccc4ccc5ccccc5c4c3)c3c([2H])c([2H])c([2H])c([2H])c3c([2H])c2c1[2H]. The molecule has 12 aromatic rings. The largest absolute Gasteiger partial charge is 0.0636 e. The molecule has 0 saturated carbocycles. The van der Waals surface area contributed by atoms with Crippen LogP contribution in [0.3, 0.4) is 0 Å². The molecule has 0 aliphatic carbocycles. The van der Waals surface area contributed by atoms with Gasteiger partial charge in [0, 0.05) is 4.47 Å². The van der Waals surface area contributed by atoms with Crippen molar-refractivity contribution in [1.82, 2.24) is 0 Å². The van der Waals surface area contributed by atoms with Gasteiger partial charge < -0.3 is 0 Å². The van der Waals surface area contributed by atoms with E-state index in [1.54, 1.807) is 6.07 Å². The van der Waals surface area contributed by atoms with Crippen LogP contribution in [-0.4, -0.2) is 0 Å². The van der Waals surface area contributed by atoms with Gasteiger partial charge in [-0.3, -0.25) is 0 Å². The molecule has 0 N–H and O–H groups in total. The fourth-order valence-corrected chi connectivity index (χ4v) is 8.50. The highest BCUT2D eigenvalue weighted by atomic mass is 79.9.